The fraction of sp³-hybridized carbons (Fsp3) is 0.261. The van der Waals surface area contributed by atoms with Crippen molar-refractivity contribution in [2.45, 2.75) is 20.4 Å². The number of fused-ring (bicyclic) bond motifs is 1. The molecule has 3 aromatic carbocycles. The molecule has 3 aromatic rings. The van der Waals surface area contributed by atoms with Crippen molar-refractivity contribution in [1.29, 1.82) is 0 Å². The predicted molar refractivity (Wildman–Crippen MR) is 111 cm³/mol. The van der Waals surface area contributed by atoms with Crippen LogP contribution >= 0.6 is 0 Å². The zero-order valence-electron chi connectivity index (χ0n) is 16.4. The standard InChI is InChI=1S/C23H26N2O2/c1-16-6-5-7-22(17(16)2)24-23(26)15-25(3)14-18-8-9-20-13-21(27-4)11-10-19(20)12-18/h5-13H,14-15H2,1-4H3,(H,24,26)/p+1. The second kappa shape index (κ2) is 8.23. The fourth-order valence-electron chi connectivity index (χ4n) is 3.28. The van der Waals surface area contributed by atoms with Crippen LogP contribution in [-0.4, -0.2) is 26.6 Å². The van der Waals surface area contributed by atoms with E-state index in [1.54, 1.807) is 7.11 Å². The number of ether oxygens (including phenoxy) is 1. The van der Waals surface area contributed by atoms with Gasteiger partial charge in [0.25, 0.3) is 5.91 Å². The molecule has 0 aliphatic rings. The Balaban J connectivity index is 1.63. The van der Waals surface area contributed by atoms with Crippen molar-refractivity contribution in [3.05, 3.63) is 71.3 Å². The number of hydrogen-bond acceptors (Lipinski definition) is 2. The van der Waals surface area contributed by atoms with Gasteiger partial charge in [-0.1, -0.05) is 30.3 Å². The average molecular weight is 363 g/mol. The van der Waals surface area contributed by atoms with Crippen LogP contribution in [-0.2, 0) is 11.3 Å². The van der Waals surface area contributed by atoms with Gasteiger partial charge in [0.2, 0.25) is 0 Å². The summed E-state index contributed by atoms with van der Waals surface area (Å²) in [4.78, 5) is 13.6. The number of carbonyl (C=O) groups excluding carboxylic acids is 1. The number of carbonyl (C=O) groups is 1. The number of hydrogen-bond donors (Lipinski definition) is 2. The maximum Gasteiger partial charge on any atom is 0.279 e. The van der Waals surface area contributed by atoms with Gasteiger partial charge in [0.1, 0.15) is 12.3 Å². The largest absolute Gasteiger partial charge is 0.497 e. The Labute approximate surface area is 160 Å². The molecule has 1 amide bonds. The van der Waals surface area contributed by atoms with Gasteiger partial charge in [0, 0.05) is 11.3 Å². The Hall–Kier alpha value is -2.85. The summed E-state index contributed by atoms with van der Waals surface area (Å²) in [5.41, 5.74) is 4.41. The zero-order chi connectivity index (χ0) is 19.4. The lowest BCUT2D eigenvalue weighted by Crippen LogP contribution is -3.08. The molecule has 0 radical (unpaired) electrons. The van der Waals surface area contributed by atoms with Crippen LogP contribution in [0, 0.1) is 13.8 Å². The van der Waals surface area contributed by atoms with Crippen LogP contribution in [0.1, 0.15) is 16.7 Å². The molecule has 4 heteroatoms. The average Bonchev–Trinajstić information content (AvgIpc) is 2.64. The molecule has 0 fully saturated rings. The summed E-state index contributed by atoms with van der Waals surface area (Å²) in [6, 6.07) is 18.5. The first-order valence-corrected chi connectivity index (χ1v) is 9.20. The Morgan fingerprint density at radius 2 is 1.78 bits per heavy atom. The van der Waals surface area contributed by atoms with Crippen LogP contribution in [0.4, 0.5) is 5.69 Å². The summed E-state index contributed by atoms with van der Waals surface area (Å²) >= 11 is 0. The molecule has 140 valence electrons. The van der Waals surface area contributed by atoms with Crippen LogP contribution < -0.4 is 15.0 Å². The van der Waals surface area contributed by atoms with E-state index in [0.29, 0.717) is 6.54 Å². The van der Waals surface area contributed by atoms with Crippen LogP contribution in [0.25, 0.3) is 10.8 Å². The van der Waals surface area contributed by atoms with E-state index in [4.69, 9.17) is 4.74 Å². The third-order valence-corrected chi connectivity index (χ3v) is 4.96. The number of rotatable bonds is 6. The van der Waals surface area contributed by atoms with Gasteiger partial charge < -0.3 is 15.0 Å². The lowest BCUT2D eigenvalue weighted by molar-refractivity contribution is -0.885. The first-order chi connectivity index (χ1) is 13.0. The molecule has 0 saturated carbocycles. The molecule has 0 aromatic heterocycles. The number of aryl methyl sites for hydroxylation is 1. The molecule has 4 nitrogen and oxygen atoms in total. The SMILES string of the molecule is COc1ccc2cc(C[NH+](C)CC(=O)Nc3cccc(C)c3C)ccc2c1. The minimum Gasteiger partial charge on any atom is -0.497 e. The van der Waals surface area contributed by atoms with Gasteiger partial charge >= 0.3 is 0 Å². The Kier molecular flexibility index (Phi) is 5.77. The molecule has 0 aliphatic carbocycles. The van der Waals surface area contributed by atoms with Crippen molar-refractivity contribution in [2.75, 3.05) is 26.0 Å². The molecular formula is C23H27N2O2+. The molecule has 0 bridgehead atoms. The van der Waals surface area contributed by atoms with E-state index in [0.717, 1.165) is 33.8 Å². The van der Waals surface area contributed by atoms with Crippen molar-refractivity contribution >= 4 is 22.4 Å². The van der Waals surface area contributed by atoms with E-state index in [1.165, 1.54) is 16.5 Å². The Bertz CT molecular complexity index is 966. The molecule has 3 rings (SSSR count). The first-order valence-electron chi connectivity index (χ1n) is 9.20. The summed E-state index contributed by atoms with van der Waals surface area (Å²) in [5, 5.41) is 5.37. The lowest BCUT2D eigenvalue weighted by Gasteiger charge is -2.15. The van der Waals surface area contributed by atoms with Gasteiger partial charge in [-0.05, 0) is 60.0 Å². The number of quaternary nitrogens is 1. The zero-order valence-corrected chi connectivity index (χ0v) is 16.4. The Morgan fingerprint density at radius 3 is 2.56 bits per heavy atom. The highest BCUT2D eigenvalue weighted by Crippen LogP contribution is 2.21. The second-order valence-corrected chi connectivity index (χ2v) is 7.15. The van der Waals surface area contributed by atoms with E-state index < -0.39 is 0 Å². The number of methoxy groups -OCH3 is 1. The van der Waals surface area contributed by atoms with E-state index in [9.17, 15) is 4.79 Å². The summed E-state index contributed by atoms with van der Waals surface area (Å²) in [6.45, 7) is 5.31. The summed E-state index contributed by atoms with van der Waals surface area (Å²) in [5.74, 6) is 0.896. The monoisotopic (exact) mass is 363 g/mol. The number of nitrogens with one attached hydrogen (secondary N) is 2. The maximum atomic E-state index is 12.4. The number of anilines is 1. The van der Waals surface area contributed by atoms with Crippen LogP contribution in [0.5, 0.6) is 5.75 Å². The minimum atomic E-state index is 0.0340. The Morgan fingerprint density at radius 1 is 1.04 bits per heavy atom. The van der Waals surface area contributed by atoms with E-state index >= 15 is 0 Å². The molecule has 0 aliphatic heterocycles. The molecule has 0 spiro atoms. The highest BCUT2D eigenvalue weighted by Gasteiger charge is 2.12. The maximum absolute atomic E-state index is 12.4. The van der Waals surface area contributed by atoms with Crippen molar-refractivity contribution in [1.82, 2.24) is 0 Å². The number of amides is 1. The highest BCUT2D eigenvalue weighted by atomic mass is 16.5. The fourth-order valence-corrected chi connectivity index (χ4v) is 3.28. The van der Waals surface area contributed by atoms with Gasteiger partial charge in [-0.25, -0.2) is 0 Å². The second-order valence-electron chi connectivity index (χ2n) is 7.15. The van der Waals surface area contributed by atoms with Gasteiger partial charge in [0.15, 0.2) is 6.54 Å². The van der Waals surface area contributed by atoms with Gasteiger partial charge in [0.05, 0.1) is 14.2 Å². The van der Waals surface area contributed by atoms with Crippen LogP contribution in [0.2, 0.25) is 0 Å². The van der Waals surface area contributed by atoms with Crippen molar-refractivity contribution in [2.24, 2.45) is 0 Å². The van der Waals surface area contributed by atoms with Crippen molar-refractivity contribution < 1.29 is 14.4 Å². The molecule has 1 unspecified atom stereocenters. The minimum absolute atomic E-state index is 0.0340. The summed E-state index contributed by atoms with van der Waals surface area (Å²) in [7, 11) is 3.72. The number of likely N-dealkylation sites (N-methyl/N-ethyl adjacent to an activating group) is 1. The van der Waals surface area contributed by atoms with Gasteiger partial charge in [-0.3, -0.25) is 4.79 Å². The van der Waals surface area contributed by atoms with E-state index in [2.05, 4.69) is 42.6 Å². The molecule has 27 heavy (non-hydrogen) atoms. The lowest BCUT2D eigenvalue weighted by atomic mass is 10.1. The number of benzene rings is 3. The molecule has 1 atom stereocenters. The van der Waals surface area contributed by atoms with Crippen molar-refractivity contribution in [3.8, 4) is 5.75 Å². The van der Waals surface area contributed by atoms with E-state index in [1.807, 2.05) is 38.2 Å². The quantitative estimate of drug-likeness (QED) is 0.707. The van der Waals surface area contributed by atoms with Crippen molar-refractivity contribution in [3.63, 3.8) is 0 Å². The third kappa shape index (κ3) is 4.66. The molecule has 0 saturated heterocycles. The topological polar surface area (TPSA) is 42.8 Å². The summed E-state index contributed by atoms with van der Waals surface area (Å²) < 4.78 is 5.28. The van der Waals surface area contributed by atoms with E-state index in [-0.39, 0.29) is 5.91 Å². The first kappa shape index (κ1) is 18.9. The smallest absolute Gasteiger partial charge is 0.279 e. The molecular weight excluding hydrogens is 336 g/mol. The van der Waals surface area contributed by atoms with Gasteiger partial charge in [-0.2, -0.15) is 0 Å². The highest BCUT2D eigenvalue weighted by molar-refractivity contribution is 5.92. The predicted octanol–water partition coefficient (Wildman–Crippen LogP) is 3.12. The normalized spacial score (nSPS) is 12.0. The third-order valence-electron chi connectivity index (χ3n) is 4.96. The van der Waals surface area contributed by atoms with Crippen LogP contribution in [0.15, 0.2) is 54.6 Å². The van der Waals surface area contributed by atoms with Gasteiger partial charge in [-0.15, -0.1) is 0 Å². The van der Waals surface area contributed by atoms with Crippen LogP contribution in [0.3, 0.4) is 0 Å². The molecule has 0 heterocycles. The molecule has 2 N–H and O–H groups in total. The summed E-state index contributed by atoms with van der Waals surface area (Å²) in [6.07, 6.45) is 0.